The van der Waals surface area contributed by atoms with E-state index in [1.54, 1.807) is 6.07 Å². The molecule has 2 heterocycles. The predicted molar refractivity (Wildman–Crippen MR) is 112 cm³/mol. The molecule has 0 spiro atoms. The zero-order chi connectivity index (χ0) is 19.0. The third kappa shape index (κ3) is 3.64. The van der Waals surface area contributed by atoms with Crippen molar-refractivity contribution in [3.8, 4) is 0 Å². The van der Waals surface area contributed by atoms with Crippen LogP contribution in [0.3, 0.4) is 0 Å². The van der Waals surface area contributed by atoms with Crippen LogP contribution in [-0.4, -0.2) is 29.9 Å². The van der Waals surface area contributed by atoms with Gasteiger partial charge in [-0.2, -0.15) is 0 Å². The highest BCUT2D eigenvalue weighted by Crippen LogP contribution is 2.35. The summed E-state index contributed by atoms with van der Waals surface area (Å²) in [5.41, 5.74) is 4.13. The molecule has 0 aromatic heterocycles. The van der Waals surface area contributed by atoms with Gasteiger partial charge in [0.05, 0.1) is 11.7 Å². The van der Waals surface area contributed by atoms with E-state index in [0.717, 1.165) is 48.2 Å². The highest BCUT2D eigenvalue weighted by molar-refractivity contribution is 6.33. The zero-order valence-corrected chi connectivity index (χ0v) is 16.6. The molecule has 5 heteroatoms. The Morgan fingerprint density at radius 3 is 2.81 bits per heavy atom. The van der Waals surface area contributed by atoms with Crippen LogP contribution in [0.25, 0.3) is 5.57 Å². The summed E-state index contributed by atoms with van der Waals surface area (Å²) in [5.74, 6) is 0.172. The van der Waals surface area contributed by atoms with Crippen molar-refractivity contribution in [2.45, 2.75) is 31.8 Å². The summed E-state index contributed by atoms with van der Waals surface area (Å²) < 4.78 is 0. The molecule has 0 N–H and O–H groups in total. The van der Waals surface area contributed by atoms with E-state index in [-0.39, 0.29) is 11.9 Å². The molecule has 1 atom stereocenters. The first-order valence-electron chi connectivity index (χ1n) is 9.31. The second-order valence-electron chi connectivity index (χ2n) is 7.22. The number of anilines is 1. The van der Waals surface area contributed by atoms with Gasteiger partial charge >= 0.3 is 0 Å². The largest absolute Gasteiger partial charge is 0.310 e. The fourth-order valence-electron chi connectivity index (χ4n) is 4.10. The molecule has 4 rings (SSSR count). The first kappa shape index (κ1) is 18.5. The Kier molecular flexibility index (Phi) is 5.27. The highest BCUT2D eigenvalue weighted by atomic mass is 35.5. The lowest BCUT2D eigenvalue weighted by atomic mass is 9.96. The van der Waals surface area contributed by atoms with Gasteiger partial charge in [-0.05, 0) is 61.2 Å². The number of halogens is 2. The Hall–Kier alpha value is -1.81. The number of benzene rings is 2. The standard InChI is InChI=1S/C22H22Cl2N2O/c1-15-10-12-26(20-6-3-2-5-18(15)20)22(27)21-7-4-11-25(21)14-16-13-17(23)8-9-19(16)24/h2-3,5-6,8-9,13,21H,1,4,7,10-12,14H2/t21-/m0/s1. The smallest absolute Gasteiger partial charge is 0.244 e. The summed E-state index contributed by atoms with van der Waals surface area (Å²) in [6.07, 6.45) is 2.70. The number of amides is 1. The maximum Gasteiger partial charge on any atom is 0.244 e. The molecule has 0 aliphatic carbocycles. The van der Waals surface area contributed by atoms with Crippen LogP contribution in [0.1, 0.15) is 30.4 Å². The number of likely N-dealkylation sites (tertiary alicyclic amines) is 1. The van der Waals surface area contributed by atoms with E-state index >= 15 is 0 Å². The Labute approximate surface area is 170 Å². The minimum absolute atomic E-state index is 0.125. The first-order chi connectivity index (χ1) is 13.0. The summed E-state index contributed by atoms with van der Waals surface area (Å²) in [4.78, 5) is 17.6. The van der Waals surface area contributed by atoms with Crippen LogP contribution in [0.2, 0.25) is 10.0 Å². The van der Waals surface area contributed by atoms with Crippen LogP contribution in [0.5, 0.6) is 0 Å². The van der Waals surface area contributed by atoms with Gasteiger partial charge in [0.15, 0.2) is 0 Å². The van der Waals surface area contributed by atoms with Crippen LogP contribution >= 0.6 is 23.2 Å². The molecule has 2 aliphatic rings. The van der Waals surface area contributed by atoms with Crippen LogP contribution in [0.4, 0.5) is 5.69 Å². The summed E-state index contributed by atoms with van der Waals surface area (Å²) in [6.45, 7) is 6.38. The monoisotopic (exact) mass is 400 g/mol. The van der Waals surface area contributed by atoms with E-state index < -0.39 is 0 Å². The molecular formula is C22H22Cl2N2O. The Morgan fingerprint density at radius 2 is 1.96 bits per heavy atom. The lowest BCUT2D eigenvalue weighted by Gasteiger charge is -2.35. The molecule has 2 aliphatic heterocycles. The van der Waals surface area contributed by atoms with Crippen molar-refractivity contribution >= 4 is 40.4 Å². The average Bonchev–Trinajstić information content (AvgIpc) is 3.13. The summed E-state index contributed by atoms with van der Waals surface area (Å²) in [5, 5.41) is 1.36. The number of fused-ring (bicyclic) bond motifs is 1. The number of para-hydroxylation sites is 1. The van der Waals surface area contributed by atoms with Gasteiger partial charge in [-0.25, -0.2) is 0 Å². The Balaban J connectivity index is 1.57. The van der Waals surface area contributed by atoms with Crippen LogP contribution in [0, 0.1) is 0 Å². The van der Waals surface area contributed by atoms with Gasteiger partial charge in [0.2, 0.25) is 5.91 Å². The third-order valence-electron chi connectivity index (χ3n) is 5.51. The van der Waals surface area contributed by atoms with Crippen LogP contribution < -0.4 is 4.90 Å². The second-order valence-corrected chi connectivity index (χ2v) is 8.07. The van der Waals surface area contributed by atoms with E-state index in [9.17, 15) is 4.79 Å². The number of rotatable bonds is 3. The minimum Gasteiger partial charge on any atom is -0.310 e. The molecule has 3 nitrogen and oxygen atoms in total. The molecule has 0 radical (unpaired) electrons. The van der Waals surface area contributed by atoms with E-state index in [0.29, 0.717) is 23.1 Å². The van der Waals surface area contributed by atoms with Crippen molar-refractivity contribution in [3.63, 3.8) is 0 Å². The molecule has 27 heavy (non-hydrogen) atoms. The molecule has 1 fully saturated rings. The van der Waals surface area contributed by atoms with Gasteiger partial charge in [0.25, 0.3) is 0 Å². The van der Waals surface area contributed by atoms with Crippen molar-refractivity contribution in [3.05, 3.63) is 70.2 Å². The van der Waals surface area contributed by atoms with Crippen molar-refractivity contribution in [1.82, 2.24) is 4.90 Å². The maximum atomic E-state index is 13.4. The average molecular weight is 401 g/mol. The lowest BCUT2D eigenvalue weighted by molar-refractivity contribution is -0.123. The van der Waals surface area contributed by atoms with E-state index in [1.807, 2.05) is 35.2 Å². The number of hydrogen-bond donors (Lipinski definition) is 0. The molecule has 2 aromatic carbocycles. The summed E-state index contributed by atoms with van der Waals surface area (Å²) >= 11 is 12.5. The molecule has 1 amide bonds. The number of hydrogen-bond acceptors (Lipinski definition) is 2. The maximum absolute atomic E-state index is 13.4. The van der Waals surface area contributed by atoms with Gasteiger partial charge in [-0.3, -0.25) is 9.69 Å². The molecule has 140 valence electrons. The number of carbonyl (C=O) groups excluding carboxylic acids is 1. The molecule has 0 bridgehead atoms. The number of carbonyl (C=O) groups is 1. The fourth-order valence-corrected chi connectivity index (χ4v) is 4.47. The van der Waals surface area contributed by atoms with Gasteiger partial charge in [0.1, 0.15) is 0 Å². The lowest BCUT2D eigenvalue weighted by Crippen LogP contribution is -2.47. The van der Waals surface area contributed by atoms with Gasteiger partial charge in [-0.1, -0.05) is 48.0 Å². The topological polar surface area (TPSA) is 23.6 Å². The molecule has 0 saturated carbocycles. The van der Waals surface area contributed by atoms with Crippen molar-refractivity contribution in [2.75, 3.05) is 18.0 Å². The molecule has 2 aromatic rings. The van der Waals surface area contributed by atoms with Crippen molar-refractivity contribution in [1.29, 1.82) is 0 Å². The van der Waals surface area contributed by atoms with E-state index in [1.165, 1.54) is 0 Å². The van der Waals surface area contributed by atoms with Gasteiger partial charge in [0, 0.05) is 28.7 Å². The summed E-state index contributed by atoms with van der Waals surface area (Å²) in [6, 6.07) is 13.4. The third-order valence-corrected chi connectivity index (χ3v) is 6.11. The van der Waals surface area contributed by atoms with Gasteiger partial charge in [-0.15, -0.1) is 0 Å². The molecular weight excluding hydrogens is 379 g/mol. The Morgan fingerprint density at radius 1 is 1.15 bits per heavy atom. The quantitative estimate of drug-likeness (QED) is 0.687. The zero-order valence-electron chi connectivity index (χ0n) is 15.1. The van der Waals surface area contributed by atoms with Gasteiger partial charge < -0.3 is 4.90 Å². The molecule has 0 unspecified atom stereocenters. The summed E-state index contributed by atoms with van der Waals surface area (Å²) in [7, 11) is 0. The van der Waals surface area contributed by atoms with Crippen molar-refractivity contribution in [2.24, 2.45) is 0 Å². The molecule has 1 saturated heterocycles. The normalized spacial score (nSPS) is 20.0. The second kappa shape index (κ2) is 7.67. The predicted octanol–water partition coefficient (Wildman–Crippen LogP) is 5.41. The van der Waals surface area contributed by atoms with E-state index in [2.05, 4.69) is 17.5 Å². The van der Waals surface area contributed by atoms with E-state index in [4.69, 9.17) is 23.2 Å². The SMILES string of the molecule is C=C1CCN(C(=O)[C@@H]2CCCN2Cc2cc(Cl)ccc2Cl)c2ccccc21. The fraction of sp³-hybridized carbons (Fsp3) is 0.318. The highest BCUT2D eigenvalue weighted by Gasteiger charge is 2.36. The number of nitrogens with zero attached hydrogens (tertiary/aromatic N) is 2. The minimum atomic E-state index is -0.125. The van der Waals surface area contributed by atoms with Crippen LogP contribution in [-0.2, 0) is 11.3 Å². The Bertz CT molecular complexity index is 896. The van der Waals surface area contributed by atoms with Crippen molar-refractivity contribution < 1.29 is 4.79 Å². The first-order valence-corrected chi connectivity index (χ1v) is 10.1. The van der Waals surface area contributed by atoms with Crippen LogP contribution in [0.15, 0.2) is 49.0 Å².